The summed E-state index contributed by atoms with van der Waals surface area (Å²) in [5, 5.41) is 11.6. The van der Waals surface area contributed by atoms with E-state index in [1.165, 1.54) is 12.4 Å². The lowest BCUT2D eigenvalue weighted by Crippen LogP contribution is -2.24. The summed E-state index contributed by atoms with van der Waals surface area (Å²) in [6, 6.07) is 10.7. The number of hydrazine groups is 1. The van der Waals surface area contributed by atoms with Crippen LogP contribution in [0.2, 0.25) is 0 Å². The van der Waals surface area contributed by atoms with Crippen molar-refractivity contribution in [3.63, 3.8) is 0 Å². The summed E-state index contributed by atoms with van der Waals surface area (Å²) < 4.78 is 0. The van der Waals surface area contributed by atoms with Gasteiger partial charge < -0.3 is 10.7 Å². The Kier molecular flexibility index (Phi) is 4.27. The third-order valence-electron chi connectivity index (χ3n) is 2.73. The van der Waals surface area contributed by atoms with Crippen molar-refractivity contribution in [2.75, 3.05) is 5.43 Å². The van der Waals surface area contributed by atoms with E-state index in [4.69, 9.17) is 11.1 Å². The number of benzene rings is 1. The topological polar surface area (TPSA) is 104 Å². The summed E-state index contributed by atoms with van der Waals surface area (Å²) in [5.74, 6) is 5.07. The summed E-state index contributed by atoms with van der Waals surface area (Å²) in [6.45, 7) is 0.334. The molecule has 1 aromatic carbocycles. The molecule has 0 spiro atoms. The predicted octanol–water partition coefficient (Wildman–Crippen LogP) is 1.17. The van der Waals surface area contributed by atoms with Gasteiger partial charge >= 0.3 is 0 Å². The molecule has 20 heavy (non-hydrogen) atoms. The second-order valence-electron chi connectivity index (χ2n) is 4.06. The molecule has 0 aliphatic heterocycles. The summed E-state index contributed by atoms with van der Waals surface area (Å²) in [6.07, 6.45) is 3.00. The molecule has 2 rings (SSSR count). The Bertz CT molecular complexity index is 663. The van der Waals surface area contributed by atoms with E-state index >= 15 is 0 Å². The van der Waals surface area contributed by atoms with Crippen molar-refractivity contribution < 1.29 is 4.79 Å². The van der Waals surface area contributed by atoms with Crippen LogP contribution in [-0.2, 0) is 6.54 Å². The van der Waals surface area contributed by atoms with E-state index in [0.717, 1.165) is 5.56 Å². The quantitative estimate of drug-likeness (QED) is 0.570. The van der Waals surface area contributed by atoms with Gasteiger partial charge in [0.2, 0.25) is 0 Å². The number of nitrogens with two attached hydrogens (primary N) is 1. The molecule has 0 unspecified atom stereocenters. The number of amides is 1. The molecule has 0 fully saturated rings. The van der Waals surface area contributed by atoms with Crippen LogP contribution in [0.5, 0.6) is 0 Å². The van der Waals surface area contributed by atoms with Gasteiger partial charge in [0.1, 0.15) is 0 Å². The highest BCUT2D eigenvalue weighted by atomic mass is 16.1. The van der Waals surface area contributed by atoms with Crippen LogP contribution in [0.4, 0.5) is 5.69 Å². The molecule has 6 heteroatoms. The van der Waals surface area contributed by atoms with Crippen LogP contribution in [0.3, 0.4) is 0 Å². The van der Waals surface area contributed by atoms with Gasteiger partial charge in [0.15, 0.2) is 0 Å². The number of hydrogen-bond donors (Lipinski definition) is 3. The Morgan fingerprint density at radius 1 is 1.40 bits per heavy atom. The minimum absolute atomic E-state index is 0.261. The predicted molar refractivity (Wildman–Crippen MR) is 74.4 cm³/mol. The van der Waals surface area contributed by atoms with Crippen LogP contribution in [0.25, 0.3) is 0 Å². The van der Waals surface area contributed by atoms with Crippen LogP contribution in [-0.4, -0.2) is 10.9 Å². The van der Waals surface area contributed by atoms with Gasteiger partial charge in [-0.1, -0.05) is 12.1 Å². The number of aromatic nitrogens is 1. The molecule has 0 aliphatic carbocycles. The molecule has 1 heterocycles. The fraction of sp³-hybridized carbons (Fsp3) is 0.0714. The average Bonchev–Trinajstić information content (AvgIpc) is 2.52. The first kappa shape index (κ1) is 13.5. The van der Waals surface area contributed by atoms with E-state index < -0.39 is 0 Å². The standard InChI is InChI=1S/C14H13N5O/c15-7-10-2-1-3-11(6-10)8-18-14(20)12-4-5-17-9-13(12)19-16/h1-6,9,19H,8,16H2,(H,18,20). The molecule has 0 saturated carbocycles. The number of carbonyl (C=O) groups excluding carboxylic acids is 1. The maximum Gasteiger partial charge on any atom is 0.253 e. The summed E-state index contributed by atoms with van der Waals surface area (Å²) in [5.41, 5.74) is 4.71. The molecule has 0 atom stereocenters. The average molecular weight is 267 g/mol. The molecule has 0 bridgehead atoms. The maximum absolute atomic E-state index is 12.1. The van der Waals surface area contributed by atoms with Gasteiger partial charge in [0, 0.05) is 12.7 Å². The SMILES string of the molecule is N#Cc1cccc(CNC(=O)c2ccncc2NN)c1. The Morgan fingerprint density at radius 2 is 2.25 bits per heavy atom. The molecule has 4 N–H and O–H groups in total. The smallest absolute Gasteiger partial charge is 0.253 e. The fourth-order valence-corrected chi connectivity index (χ4v) is 1.74. The second kappa shape index (κ2) is 6.31. The van der Waals surface area contributed by atoms with Crippen LogP contribution in [0, 0.1) is 11.3 Å². The number of carbonyl (C=O) groups is 1. The minimum atomic E-state index is -0.261. The van der Waals surface area contributed by atoms with Crippen molar-refractivity contribution in [2.45, 2.75) is 6.54 Å². The minimum Gasteiger partial charge on any atom is -0.348 e. The number of nitriles is 1. The van der Waals surface area contributed by atoms with Crippen molar-refractivity contribution in [1.82, 2.24) is 10.3 Å². The van der Waals surface area contributed by atoms with Crippen molar-refractivity contribution in [3.8, 4) is 6.07 Å². The van der Waals surface area contributed by atoms with Gasteiger partial charge in [-0.2, -0.15) is 5.26 Å². The zero-order valence-corrected chi connectivity index (χ0v) is 10.6. The van der Waals surface area contributed by atoms with Crippen molar-refractivity contribution in [1.29, 1.82) is 5.26 Å². The van der Waals surface area contributed by atoms with E-state index in [1.807, 2.05) is 6.07 Å². The maximum atomic E-state index is 12.1. The Hall–Kier alpha value is -2.91. The normalized spacial score (nSPS) is 9.60. The van der Waals surface area contributed by atoms with E-state index in [9.17, 15) is 4.79 Å². The van der Waals surface area contributed by atoms with E-state index in [-0.39, 0.29) is 5.91 Å². The number of anilines is 1. The zero-order chi connectivity index (χ0) is 14.4. The number of hydrogen-bond acceptors (Lipinski definition) is 5. The van der Waals surface area contributed by atoms with E-state index in [2.05, 4.69) is 21.8 Å². The Labute approximate surface area is 116 Å². The molecule has 1 aromatic heterocycles. The number of pyridine rings is 1. The van der Waals surface area contributed by atoms with Crippen molar-refractivity contribution >= 4 is 11.6 Å². The van der Waals surface area contributed by atoms with E-state index in [1.54, 1.807) is 24.3 Å². The van der Waals surface area contributed by atoms with Crippen LogP contribution < -0.4 is 16.6 Å². The molecule has 0 radical (unpaired) electrons. The number of nitrogens with zero attached hydrogens (tertiary/aromatic N) is 2. The summed E-state index contributed by atoms with van der Waals surface area (Å²) in [7, 11) is 0. The van der Waals surface area contributed by atoms with Gasteiger partial charge in [0.05, 0.1) is 29.1 Å². The Morgan fingerprint density at radius 3 is 3.00 bits per heavy atom. The summed E-state index contributed by atoms with van der Waals surface area (Å²) >= 11 is 0. The molecular formula is C14H13N5O. The molecule has 1 amide bonds. The number of nitrogen functional groups attached to an aromatic ring is 1. The first-order valence-electron chi connectivity index (χ1n) is 5.92. The first-order valence-corrected chi connectivity index (χ1v) is 5.92. The van der Waals surface area contributed by atoms with Crippen molar-refractivity contribution in [3.05, 3.63) is 59.4 Å². The fourth-order valence-electron chi connectivity index (χ4n) is 1.74. The molecule has 6 nitrogen and oxygen atoms in total. The van der Waals surface area contributed by atoms with Gasteiger partial charge in [0.25, 0.3) is 5.91 Å². The zero-order valence-electron chi connectivity index (χ0n) is 10.6. The van der Waals surface area contributed by atoms with Crippen LogP contribution >= 0.6 is 0 Å². The lowest BCUT2D eigenvalue weighted by atomic mass is 10.1. The van der Waals surface area contributed by atoms with Gasteiger partial charge in [-0.15, -0.1) is 0 Å². The summed E-state index contributed by atoms with van der Waals surface area (Å²) in [4.78, 5) is 15.9. The highest BCUT2D eigenvalue weighted by Crippen LogP contribution is 2.12. The third kappa shape index (κ3) is 3.10. The van der Waals surface area contributed by atoms with Crippen molar-refractivity contribution in [2.24, 2.45) is 5.84 Å². The molecule has 0 aliphatic rings. The number of nitrogens with one attached hydrogen (secondary N) is 2. The molecular weight excluding hydrogens is 254 g/mol. The monoisotopic (exact) mass is 267 g/mol. The lowest BCUT2D eigenvalue weighted by molar-refractivity contribution is 0.0951. The van der Waals surface area contributed by atoms with Crippen LogP contribution in [0.1, 0.15) is 21.5 Å². The highest BCUT2D eigenvalue weighted by molar-refractivity contribution is 5.99. The lowest BCUT2D eigenvalue weighted by Gasteiger charge is -2.09. The largest absolute Gasteiger partial charge is 0.348 e. The molecule has 100 valence electrons. The highest BCUT2D eigenvalue weighted by Gasteiger charge is 2.10. The first-order chi connectivity index (χ1) is 9.74. The second-order valence-corrected chi connectivity index (χ2v) is 4.06. The van der Waals surface area contributed by atoms with Crippen LogP contribution in [0.15, 0.2) is 42.7 Å². The Balaban J connectivity index is 2.07. The molecule has 0 saturated heterocycles. The van der Waals surface area contributed by atoms with Gasteiger partial charge in [-0.05, 0) is 23.8 Å². The van der Waals surface area contributed by atoms with Gasteiger partial charge in [-0.3, -0.25) is 15.6 Å². The third-order valence-corrected chi connectivity index (χ3v) is 2.73. The van der Waals surface area contributed by atoms with Gasteiger partial charge in [-0.25, -0.2) is 0 Å². The number of rotatable bonds is 4. The molecule has 2 aromatic rings. The van der Waals surface area contributed by atoms with E-state index in [0.29, 0.717) is 23.4 Å².